The maximum atomic E-state index is 12.0. The van der Waals surface area contributed by atoms with Gasteiger partial charge in [-0.25, -0.2) is 4.18 Å². The van der Waals surface area contributed by atoms with Crippen LogP contribution in [0.4, 0.5) is 0 Å². The first-order valence-corrected chi connectivity index (χ1v) is 12.4. The van der Waals surface area contributed by atoms with E-state index in [9.17, 15) is 13.2 Å². The molecule has 0 aromatic heterocycles. The fourth-order valence-corrected chi connectivity index (χ4v) is 5.51. The van der Waals surface area contributed by atoms with Crippen molar-refractivity contribution in [3.05, 3.63) is 0 Å². The molecule has 1 heterocycles. The predicted molar refractivity (Wildman–Crippen MR) is 89.5 cm³/mol. The van der Waals surface area contributed by atoms with Crippen LogP contribution in [0.5, 0.6) is 0 Å². The Bertz CT molecular complexity index is 528. The van der Waals surface area contributed by atoms with E-state index in [4.69, 9.17) is 13.0 Å². The summed E-state index contributed by atoms with van der Waals surface area (Å²) in [7, 11) is -5.96. The van der Waals surface area contributed by atoms with Gasteiger partial charge in [-0.1, -0.05) is 0 Å². The quantitative estimate of drug-likeness (QED) is 0.504. The molecular weight excluding hydrogens is 338 g/mol. The van der Waals surface area contributed by atoms with Crippen LogP contribution in [-0.2, 0) is 27.9 Å². The standard InChI is InChI=1S/C14H29NO6SSi/c1-11(20-22(5,17)18)15-12(8-9-13(15)16)10-19-23(6,7)21-14(2,3)4/h11-12H,8-10H2,1-7H3/t11?,12-/m1/s1. The van der Waals surface area contributed by atoms with Crippen molar-refractivity contribution in [2.45, 2.75) is 71.5 Å². The van der Waals surface area contributed by atoms with E-state index in [0.717, 1.165) is 6.26 Å². The molecule has 1 aliphatic rings. The molecule has 1 amide bonds. The second kappa shape index (κ2) is 7.18. The molecule has 0 spiro atoms. The lowest BCUT2D eigenvalue weighted by Crippen LogP contribution is -2.48. The minimum atomic E-state index is -3.63. The minimum absolute atomic E-state index is 0.119. The van der Waals surface area contributed by atoms with Gasteiger partial charge in [0.25, 0.3) is 10.1 Å². The van der Waals surface area contributed by atoms with E-state index in [-0.39, 0.29) is 17.6 Å². The van der Waals surface area contributed by atoms with Crippen LogP contribution < -0.4 is 0 Å². The molecule has 0 aromatic rings. The van der Waals surface area contributed by atoms with E-state index >= 15 is 0 Å². The maximum Gasteiger partial charge on any atom is 0.332 e. The smallest absolute Gasteiger partial charge is 0.332 e. The zero-order valence-corrected chi connectivity index (χ0v) is 16.9. The van der Waals surface area contributed by atoms with E-state index in [0.29, 0.717) is 19.4 Å². The van der Waals surface area contributed by atoms with E-state index in [2.05, 4.69) is 0 Å². The molecule has 1 rings (SSSR count). The Morgan fingerprint density at radius 1 is 1.35 bits per heavy atom. The van der Waals surface area contributed by atoms with E-state index in [1.165, 1.54) is 4.90 Å². The van der Waals surface area contributed by atoms with Crippen molar-refractivity contribution in [3.63, 3.8) is 0 Å². The molecule has 23 heavy (non-hydrogen) atoms. The number of rotatable bonds is 7. The van der Waals surface area contributed by atoms with E-state index in [1.807, 2.05) is 33.9 Å². The van der Waals surface area contributed by atoms with Crippen LogP contribution in [0.15, 0.2) is 0 Å². The summed E-state index contributed by atoms with van der Waals surface area (Å²) in [6.07, 6.45) is 1.13. The number of likely N-dealkylation sites (tertiary alicyclic amines) is 1. The van der Waals surface area contributed by atoms with Crippen molar-refractivity contribution in [2.75, 3.05) is 12.9 Å². The molecule has 1 aliphatic heterocycles. The number of hydrogen-bond acceptors (Lipinski definition) is 6. The fourth-order valence-electron chi connectivity index (χ4n) is 2.79. The summed E-state index contributed by atoms with van der Waals surface area (Å²) < 4.78 is 39.4. The number of carbonyl (C=O) groups excluding carboxylic acids is 1. The number of amides is 1. The van der Waals surface area contributed by atoms with Gasteiger partial charge in [-0.15, -0.1) is 0 Å². The topological polar surface area (TPSA) is 82.1 Å². The fraction of sp³-hybridized carbons (Fsp3) is 0.929. The summed E-state index contributed by atoms with van der Waals surface area (Å²) >= 11 is 0. The molecule has 0 saturated carbocycles. The molecule has 0 radical (unpaired) electrons. The van der Waals surface area contributed by atoms with Crippen molar-refractivity contribution in [1.29, 1.82) is 0 Å². The number of hydrogen-bond donors (Lipinski definition) is 0. The number of nitrogens with zero attached hydrogens (tertiary/aromatic N) is 1. The van der Waals surface area contributed by atoms with Crippen molar-refractivity contribution >= 4 is 24.6 Å². The lowest BCUT2D eigenvalue weighted by molar-refractivity contribution is -0.137. The molecule has 2 atom stereocenters. The summed E-state index contributed by atoms with van der Waals surface area (Å²) in [6.45, 7) is 11.7. The molecule has 7 nitrogen and oxygen atoms in total. The van der Waals surface area contributed by atoms with Crippen molar-refractivity contribution in [1.82, 2.24) is 4.90 Å². The molecule has 0 N–H and O–H groups in total. The SMILES string of the molecule is CC(OS(C)(=O)=O)N1C(=O)CC[C@@H]1CO[Si](C)(C)OC(C)(C)C. The molecule has 1 saturated heterocycles. The monoisotopic (exact) mass is 367 g/mol. The number of carbonyl (C=O) groups is 1. The predicted octanol–water partition coefficient (Wildman–Crippen LogP) is 1.83. The summed E-state index contributed by atoms with van der Waals surface area (Å²) in [6, 6.07) is -0.199. The van der Waals surface area contributed by atoms with E-state index in [1.54, 1.807) is 6.92 Å². The molecule has 0 bridgehead atoms. The van der Waals surface area contributed by atoms with Crippen molar-refractivity contribution in [3.8, 4) is 0 Å². The zero-order chi connectivity index (χ0) is 18.1. The van der Waals surface area contributed by atoms with Gasteiger partial charge in [0, 0.05) is 6.42 Å². The summed E-state index contributed by atoms with van der Waals surface area (Å²) in [5.41, 5.74) is -0.298. The van der Waals surface area contributed by atoms with Gasteiger partial charge in [0.2, 0.25) is 5.91 Å². The van der Waals surface area contributed by atoms with Crippen LogP contribution in [0.1, 0.15) is 40.5 Å². The Kier molecular flexibility index (Phi) is 6.42. The highest BCUT2D eigenvalue weighted by atomic mass is 32.2. The van der Waals surface area contributed by atoms with Crippen molar-refractivity contribution in [2.24, 2.45) is 0 Å². The molecule has 1 fully saturated rings. The maximum absolute atomic E-state index is 12.0. The highest BCUT2D eigenvalue weighted by Crippen LogP contribution is 2.25. The van der Waals surface area contributed by atoms with Crippen LogP contribution in [0, 0.1) is 0 Å². The van der Waals surface area contributed by atoms with Gasteiger partial charge < -0.3 is 13.8 Å². The molecular formula is C14H29NO6SSi. The Morgan fingerprint density at radius 3 is 2.39 bits per heavy atom. The van der Waals surface area contributed by atoms with Gasteiger partial charge in [0.1, 0.15) is 6.23 Å². The van der Waals surface area contributed by atoms with Gasteiger partial charge in [-0.2, -0.15) is 8.42 Å². The van der Waals surface area contributed by atoms with Crippen LogP contribution in [0.25, 0.3) is 0 Å². The van der Waals surface area contributed by atoms with Gasteiger partial charge >= 0.3 is 8.56 Å². The third-order valence-corrected chi connectivity index (χ3v) is 5.85. The van der Waals surface area contributed by atoms with Gasteiger partial charge in [-0.05, 0) is 47.2 Å². The zero-order valence-electron chi connectivity index (χ0n) is 15.1. The Balaban J connectivity index is 2.70. The average Bonchev–Trinajstić information content (AvgIpc) is 2.62. The lowest BCUT2D eigenvalue weighted by Gasteiger charge is -2.35. The first-order valence-electron chi connectivity index (χ1n) is 7.74. The van der Waals surface area contributed by atoms with Crippen molar-refractivity contribution < 1.29 is 26.2 Å². The first kappa shape index (κ1) is 20.6. The molecule has 0 aliphatic carbocycles. The summed E-state index contributed by atoms with van der Waals surface area (Å²) in [4.78, 5) is 13.5. The van der Waals surface area contributed by atoms with Crippen LogP contribution in [0.2, 0.25) is 13.1 Å². The summed E-state index contributed by atoms with van der Waals surface area (Å²) in [5, 5.41) is 0. The summed E-state index contributed by atoms with van der Waals surface area (Å²) in [5.74, 6) is -0.119. The minimum Gasteiger partial charge on any atom is -0.392 e. The molecule has 1 unspecified atom stereocenters. The highest BCUT2D eigenvalue weighted by Gasteiger charge is 2.38. The second-order valence-electron chi connectivity index (χ2n) is 7.32. The largest absolute Gasteiger partial charge is 0.392 e. The Hall–Kier alpha value is -0.483. The molecule has 136 valence electrons. The Labute approximate surface area is 140 Å². The second-order valence-corrected chi connectivity index (χ2v) is 12.2. The van der Waals surface area contributed by atoms with E-state index < -0.39 is 24.9 Å². The van der Waals surface area contributed by atoms with Gasteiger partial charge in [0.05, 0.1) is 24.5 Å². The molecule has 9 heteroatoms. The lowest BCUT2D eigenvalue weighted by atomic mass is 10.2. The third kappa shape index (κ3) is 7.30. The normalized spacial score (nSPS) is 21.8. The van der Waals surface area contributed by atoms with Gasteiger partial charge in [-0.3, -0.25) is 4.79 Å². The highest BCUT2D eigenvalue weighted by molar-refractivity contribution is 7.86. The van der Waals surface area contributed by atoms with Gasteiger partial charge in [0.15, 0.2) is 0 Å². The first-order chi connectivity index (χ1) is 10.2. The van der Waals surface area contributed by atoms with Crippen LogP contribution >= 0.6 is 0 Å². The van der Waals surface area contributed by atoms with Crippen LogP contribution in [-0.4, -0.2) is 58.5 Å². The Morgan fingerprint density at radius 2 is 1.91 bits per heavy atom. The van der Waals surface area contributed by atoms with Crippen LogP contribution in [0.3, 0.4) is 0 Å². The third-order valence-electron chi connectivity index (χ3n) is 3.25. The molecule has 0 aromatic carbocycles. The average molecular weight is 368 g/mol.